The van der Waals surface area contributed by atoms with Crippen LogP contribution in [0.25, 0.3) is 20.5 Å². The molecule has 0 aliphatic heterocycles. The van der Waals surface area contributed by atoms with Crippen molar-refractivity contribution < 1.29 is 0 Å². The van der Waals surface area contributed by atoms with Crippen LogP contribution in [0, 0.1) is 11.3 Å². The van der Waals surface area contributed by atoms with Crippen molar-refractivity contribution in [1.82, 2.24) is 0 Å². The standard InChI is InChI=1S/C21H13NS2/c22-14-17-11-10-16(13-21(17)23-18-7-2-1-3-8-18)20-12-15-6-4-5-9-19(15)24-20/h1-13H. The number of hydrogen-bond donors (Lipinski definition) is 0. The third-order valence-electron chi connectivity index (χ3n) is 3.78. The highest BCUT2D eigenvalue weighted by Crippen LogP contribution is 2.37. The largest absolute Gasteiger partial charge is 0.192 e. The molecule has 0 aliphatic rings. The van der Waals surface area contributed by atoms with E-state index in [-0.39, 0.29) is 0 Å². The van der Waals surface area contributed by atoms with Gasteiger partial charge < -0.3 is 0 Å². The Morgan fingerprint density at radius 3 is 2.42 bits per heavy atom. The first-order valence-electron chi connectivity index (χ1n) is 7.59. The number of nitriles is 1. The molecule has 4 rings (SSSR count). The van der Waals surface area contributed by atoms with Gasteiger partial charge in [-0.05, 0) is 47.3 Å². The van der Waals surface area contributed by atoms with Crippen molar-refractivity contribution >= 4 is 33.2 Å². The number of nitrogens with zero attached hydrogens (tertiary/aromatic N) is 1. The SMILES string of the molecule is N#Cc1ccc(-c2cc3ccccc3s2)cc1Sc1ccccc1. The summed E-state index contributed by atoms with van der Waals surface area (Å²) in [5.74, 6) is 0. The molecule has 1 nitrogen and oxygen atoms in total. The first-order valence-corrected chi connectivity index (χ1v) is 9.23. The Morgan fingerprint density at radius 2 is 1.62 bits per heavy atom. The highest BCUT2D eigenvalue weighted by Gasteiger charge is 2.09. The molecular weight excluding hydrogens is 330 g/mol. The van der Waals surface area contributed by atoms with Gasteiger partial charge in [0.25, 0.3) is 0 Å². The van der Waals surface area contributed by atoms with Crippen LogP contribution < -0.4 is 0 Å². The van der Waals surface area contributed by atoms with Crippen LogP contribution in [0.15, 0.2) is 88.7 Å². The molecule has 0 aliphatic carbocycles. The van der Waals surface area contributed by atoms with Crippen LogP contribution in [0.4, 0.5) is 0 Å². The molecule has 0 fully saturated rings. The van der Waals surface area contributed by atoms with Gasteiger partial charge in [0.15, 0.2) is 0 Å². The van der Waals surface area contributed by atoms with Crippen LogP contribution in [0.3, 0.4) is 0 Å². The van der Waals surface area contributed by atoms with E-state index < -0.39 is 0 Å². The summed E-state index contributed by atoms with van der Waals surface area (Å²) in [5, 5.41) is 10.7. The number of hydrogen-bond acceptors (Lipinski definition) is 3. The number of thiophene rings is 1. The second-order valence-electron chi connectivity index (χ2n) is 5.39. The fraction of sp³-hybridized carbons (Fsp3) is 0. The Bertz CT molecular complexity index is 1010. The molecule has 0 bridgehead atoms. The minimum absolute atomic E-state index is 0.716. The van der Waals surface area contributed by atoms with E-state index in [9.17, 15) is 5.26 Å². The second kappa shape index (κ2) is 6.52. The van der Waals surface area contributed by atoms with Crippen molar-refractivity contribution in [1.29, 1.82) is 5.26 Å². The highest BCUT2D eigenvalue weighted by molar-refractivity contribution is 7.99. The summed E-state index contributed by atoms with van der Waals surface area (Å²) in [6.45, 7) is 0. The lowest BCUT2D eigenvalue weighted by molar-refractivity contribution is 1.35. The summed E-state index contributed by atoms with van der Waals surface area (Å²) in [6, 6.07) is 29.2. The van der Waals surface area contributed by atoms with E-state index in [1.807, 2.05) is 30.3 Å². The summed E-state index contributed by atoms with van der Waals surface area (Å²) in [7, 11) is 0. The van der Waals surface area contributed by atoms with Gasteiger partial charge in [-0.25, -0.2) is 0 Å². The van der Waals surface area contributed by atoms with Gasteiger partial charge in [-0.2, -0.15) is 5.26 Å². The Balaban J connectivity index is 1.77. The average molecular weight is 343 g/mol. The third kappa shape index (κ3) is 2.94. The molecule has 3 heteroatoms. The molecule has 0 radical (unpaired) electrons. The Morgan fingerprint density at radius 1 is 0.833 bits per heavy atom. The maximum atomic E-state index is 9.41. The quantitative estimate of drug-likeness (QED) is 0.419. The molecule has 4 aromatic rings. The number of rotatable bonds is 3. The van der Waals surface area contributed by atoms with Gasteiger partial charge in [0.05, 0.1) is 5.56 Å². The topological polar surface area (TPSA) is 23.8 Å². The monoisotopic (exact) mass is 343 g/mol. The zero-order valence-corrected chi connectivity index (χ0v) is 14.4. The molecular formula is C21H13NS2. The lowest BCUT2D eigenvalue weighted by Gasteiger charge is -2.06. The lowest BCUT2D eigenvalue weighted by atomic mass is 10.1. The Hall–Kier alpha value is -2.54. The van der Waals surface area contributed by atoms with Gasteiger partial charge in [-0.1, -0.05) is 54.2 Å². The van der Waals surface area contributed by atoms with Crippen LogP contribution in [-0.4, -0.2) is 0 Å². The molecule has 0 atom stereocenters. The van der Waals surface area contributed by atoms with Crippen LogP contribution in [-0.2, 0) is 0 Å². The van der Waals surface area contributed by atoms with Crippen LogP contribution >= 0.6 is 23.1 Å². The van der Waals surface area contributed by atoms with E-state index in [4.69, 9.17) is 0 Å². The smallest absolute Gasteiger partial charge is 0.100 e. The number of fused-ring (bicyclic) bond motifs is 1. The van der Waals surface area contributed by atoms with E-state index in [2.05, 4.69) is 54.6 Å². The molecule has 3 aromatic carbocycles. The van der Waals surface area contributed by atoms with Gasteiger partial charge in [0, 0.05) is 19.4 Å². The summed E-state index contributed by atoms with van der Waals surface area (Å²) < 4.78 is 1.29. The summed E-state index contributed by atoms with van der Waals surface area (Å²) in [4.78, 5) is 3.37. The van der Waals surface area contributed by atoms with Crippen LogP contribution in [0.5, 0.6) is 0 Å². The fourth-order valence-electron chi connectivity index (χ4n) is 2.59. The average Bonchev–Trinajstić information content (AvgIpc) is 3.07. The van der Waals surface area contributed by atoms with Crippen LogP contribution in [0.1, 0.15) is 5.56 Å². The molecule has 0 saturated carbocycles. The normalized spacial score (nSPS) is 10.6. The lowest BCUT2D eigenvalue weighted by Crippen LogP contribution is -1.83. The maximum absolute atomic E-state index is 9.41. The van der Waals surface area contributed by atoms with Crippen molar-refractivity contribution in [2.75, 3.05) is 0 Å². The molecule has 0 N–H and O–H groups in total. The molecule has 1 heterocycles. The third-order valence-corrected chi connectivity index (χ3v) is 6.01. The Kier molecular flexibility index (Phi) is 4.08. The minimum Gasteiger partial charge on any atom is -0.192 e. The summed E-state index contributed by atoms with van der Waals surface area (Å²) in [6.07, 6.45) is 0. The van der Waals surface area contributed by atoms with Crippen molar-refractivity contribution in [3.05, 3.63) is 84.4 Å². The summed E-state index contributed by atoms with van der Waals surface area (Å²) in [5.41, 5.74) is 1.88. The molecule has 0 spiro atoms. The van der Waals surface area contributed by atoms with Gasteiger partial charge in [0.2, 0.25) is 0 Å². The maximum Gasteiger partial charge on any atom is 0.100 e. The molecule has 1 aromatic heterocycles. The van der Waals surface area contributed by atoms with E-state index in [1.54, 1.807) is 23.1 Å². The fourth-order valence-corrected chi connectivity index (χ4v) is 4.61. The zero-order valence-electron chi connectivity index (χ0n) is 12.8. The van der Waals surface area contributed by atoms with Gasteiger partial charge in [-0.3, -0.25) is 0 Å². The van der Waals surface area contributed by atoms with Crippen molar-refractivity contribution in [2.24, 2.45) is 0 Å². The highest BCUT2D eigenvalue weighted by atomic mass is 32.2. The zero-order chi connectivity index (χ0) is 16.4. The summed E-state index contributed by atoms with van der Waals surface area (Å²) >= 11 is 3.42. The van der Waals surface area contributed by atoms with Crippen molar-refractivity contribution in [3.8, 4) is 16.5 Å². The molecule has 0 unspecified atom stereocenters. The molecule has 24 heavy (non-hydrogen) atoms. The van der Waals surface area contributed by atoms with E-state index in [0.717, 1.165) is 15.4 Å². The molecule has 0 amide bonds. The van der Waals surface area contributed by atoms with Gasteiger partial charge in [-0.15, -0.1) is 11.3 Å². The molecule has 114 valence electrons. The van der Waals surface area contributed by atoms with Gasteiger partial charge >= 0.3 is 0 Å². The van der Waals surface area contributed by atoms with E-state index in [1.165, 1.54) is 15.0 Å². The minimum atomic E-state index is 0.716. The van der Waals surface area contributed by atoms with Gasteiger partial charge in [0.1, 0.15) is 6.07 Å². The predicted molar refractivity (Wildman–Crippen MR) is 103 cm³/mol. The van der Waals surface area contributed by atoms with Crippen molar-refractivity contribution in [2.45, 2.75) is 9.79 Å². The number of benzene rings is 3. The second-order valence-corrected chi connectivity index (χ2v) is 7.59. The Labute approximate surface area is 149 Å². The molecule has 0 saturated heterocycles. The van der Waals surface area contributed by atoms with Crippen LogP contribution in [0.2, 0.25) is 0 Å². The van der Waals surface area contributed by atoms with E-state index in [0.29, 0.717) is 5.56 Å². The predicted octanol–water partition coefficient (Wildman–Crippen LogP) is 6.59. The van der Waals surface area contributed by atoms with E-state index >= 15 is 0 Å². The first-order chi connectivity index (χ1) is 11.8. The van der Waals surface area contributed by atoms with Crippen molar-refractivity contribution in [3.63, 3.8) is 0 Å². The first kappa shape index (κ1) is 15.0.